The molecule has 0 bridgehead atoms. The third-order valence-corrected chi connectivity index (χ3v) is 7.39. The molecule has 0 aromatic carbocycles. The number of fused-ring (bicyclic) bond motifs is 2. The predicted octanol–water partition coefficient (Wildman–Crippen LogP) is 1.86. The van der Waals surface area contributed by atoms with Gasteiger partial charge < -0.3 is 29.8 Å². The van der Waals surface area contributed by atoms with E-state index in [1.165, 1.54) is 16.8 Å². The number of piperazine rings is 1. The van der Waals surface area contributed by atoms with Crippen molar-refractivity contribution in [2.24, 2.45) is 0 Å². The van der Waals surface area contributed by atoms with Gasteiger partial charge in [-0.15, -0.1) is 5.10 Å². The SMILES string of the molecule is CNc1nc(N)n2nc(-c3ncco3)nc2c1C[C@@H]1CC[C@@H]2CN(c3ncc(OCCOC)cc3F)CCN21. The Kier molecular flexibility index (Phi) is 6.87. The number of ether oxygens (including phenoxy) is 2. The second-order valence-corrected chi connectivity index (χ2v) is 9.65. The number of rotatable bonds is 9. The average Bonchev–Trinajstić information content (AvgIpc) is 3.70. The predicted molar refractivity (Wildman–Crippen MR) is 141 cm³/mol. The quantitative estimate of drug-likeness (QED) is 0.300. The highest BCUT2D eigenvalue weighted by atomic mass is 19.1. The zero-order valence-electron chi connectivity index (χ0n) is 21.9. The highest BCUT2D eigenvalue weighted by Crippen LogP contribution is 2.34. The van der Waals surface area contributed by atoms with Crippen LogP contribution in [0.5, 0.6) is 5.75 Å². The number of hydrogen-bond acceptors (Lipinski definition) is 12. The molecule has 2 aliphatic rings. The van der Waals surface area contributed by atoms with Crippen molar-refractivity contribution < 1.29 is 18.3 Å². The molecule has 0 unspecified atom stereocenters. The van der Waals surface area contributed by atoms with Crippen LogP contribution in [0.3, 0.4) is 0 Å². The summed E-state index contributed by atoms with van der Waals surface area (Å²) in [6, 6.07) is 1.96. The van der Waals surface area contributed by atoms with Crippen LogP contribution in [0.25, 0.3) is 17.4 Å². The molecular weight excluding hydrogens is 507 g/mol. The van der Waals surface area contributed by atoms with E-state index in [9.17, 15) is 4.39 Å². The van der Waals surface area contributed by atoms with Crippen molar-refractivity contribution in [1.29, 1.82) is 0 Å². The lowest BCUT2D eigenvalue weighted by atomic mass is 10.0. The van der Waals surface area contributed by atoms with Crippen molar-refractivity contribution in [1.82, 2.24) is 34.4 Å². The molecule has 13 nitrogen and oxygen atoms in total. The van der Waals surface area contributed by atoms with Crippen molar-refractivity contribution in [3.8, 4) is 17.5 Å². The summed E-state index contributed by atoms with van der Waals surface area (Å²) < 4.78 is 32.3. The minimum Gasteiger partial charge on any atom is -0.489 e. The fraction of sp³-hybridized carbons (Fsp3) is 0.480. The second-order valence-electron chi connectivity index (χ2n) is 9.65. The van der Waals surface area contributed by atoms with E-state index in [0.717, 1.165) is 24.9 Å². The lowest BCUT2D eigenvalue weighted by Gasteiger charge is -2.40. The zero-order chi connectivity index (χ0) is 26.9. The van der Waals surface area contributed by atoms with Crippen LogP contribution in [0.2, 0.25) is 0 Å². The molecule has 0 radical (unpaired) electrons. The fourth-order valence-electron chi connectivity index (χ4n) is 5.59. The molecule has 2 aliphatic heterocycles. The molecule has 14 heteroatoms. The number of nitrogens with zero attached hydrogens (tertiary/aromatic N) is 8. The first kappa shape index (κ1) is 25.2. The van der Waals surface area contributed by atoms with E-state index >= 15 is 0 Å². The Bertz CT molecular complexity index is 1450. The number of pyridine rings is 1. The van der Waals surface area contributed by atoms with Crippen LogP contribution in [-0.2, 0) is 11.2 Å². The minimum absolute atomic E-state index is 0.228. The molecule has 6 heterocycles. The zero-order valence-corrected chi connectivity index (χ0v) is 21.9. The van der Waals surface area contributed by atoms with Crippen LogP contribution in [0.15, 0.2) is 29.1 Å². The normalized spacial score (nSPS) is 19.5. The summed E-state index contributed by atoms with van der Waals surface area (Å²) >= 11 is 0. The van der Waals surface area contributed by atoms with E-state index in [0.29, 0.717) is 73.5 Å². The lowest BCUT2D eigenvalue weighted by Crippen LogP contribution is -2.53. The van der Waals surface area contributed by atoms with Gasteiger partial charge in [0.05, 0.1) is 19.0 Å². The van der Waals surface area contributed by atoms with Crippen molar-refractivity contribution in [3.05, 3.63) is 36.1 Å². The highest BCUT2D eigenvalue weighted by Gasteiger charge is 2.39. The van der Waals surface area contributed by atoms with Gasteiger partial charge in [-0.2, -0.15) is 9.50 Å². The Balaban J connectivity index is 1.19. The summed E-state index contributed by atoms with van der Waals surface area (Å²) in [7, 11) is 3.41. The molecule has 6 rings (SSSR count). The molecule has 2 fully saturated rings. The monoisotopic (exact) mass is 538 g/mol. The number of anilines is 3. The van der Waals surface area contributed by atoms with Gasteiger partial charge in [0.1, 0.15) is 24.4 Å². The molecule has 3 N–H and O–H groups in total. The Morgan fingerprint density at radius 1 is 1.21 bits per heavy atom. The first-order valence-electron chi connectivity index (χ1n) is 13.0. The van der Waals surface area contributed by atoms with E-state index in [1.807, 2.05) is 11.9 Å². The Morgan fingerprint density at radius 2 is 2.10 bits per heavy atom. The third kappa shape index (κ3) is 4.81. The van der Waals surface area contributed by atoms with Crippen LogP contribution in [0.1, 0.15) is 18.4 Å². The van der Waals surface area contributed by atoms with Crippen molar-refractivity contribution in [2.45, 2.75) is 31.3 Å². The molecule has 2 saturated heterocycles. The molecule has 206 valence electrons. The van der Waals surface area contributed by atoms with Gasteiger partial charge in [0.25, 0.3) is 5.89 Å². The van der Waals surface area contributed by atoms with E-state index in [-0.39, 0.29) is 17.8 Å². The van der Waals surface area contributed by atoms with Crippen LogP contribution < -0.4 is 20.7 Å². The molecule has 0 amide bonds. The topological polar surface area (TPSA) is 145 Å². The Hall–Kier alpha value is -4.04. The number of hydrogen-bond donors (Lipinski definition) is 2. The van der Waals surface area contributed by atoms with Gasteiger partial charge in [0, 0.05) is 57.5 Å². The number of aromatic nitrogens is 6. The van der Waals surface area contributed by atoms with Crippen molar-refractivity contribution in [3.63, 3.8) is 0 Å². The number of halogens is 1. The van der Waals surface area contributed by atoms with E-state index in [1.54, 1.807) is 19.5 Å². The average molecular weight is 539 g/mol. The molecular formula is C25H31FN10O3. The Morgan fingerprint density at radius 3 is 2.87 bits per heavy atom. The number of nitrogens with one attached hydrogen (secondary N) is 1. The molecule has 0 spiro atoms. The number of nitrogens with two attached hydrogens (primary N) is 1. The summed E-state index contributed by atoms with van der Waals surface area (Å²) in [5.41, 5.74) is 7.76. The summed E-state index contributed by atoms with van der Waals surface area (Å²) in [5.74, 6) is 1.96. The molecule has 39 heavy (non-hydrogen) atoms. The third-order valence-electron chi connectivity index (χ3n) is 7.39. The lowest BCUT2D eigenvalue weighted by molar-refractivity contribution is 0.146. The van der Waals surface area contributed by atoms with Crippen LogP contribution in [0.4, 0.5) is 22.0 Å². The molecule has 0 saturated carbocycles. The summed E-state index contributed by atoms with van der Waals surface area (Å²) in [6.45, 7) is 2.96. The largest absolute Gasteiger partial charge is 0.489 e. The van der Waals surface area contributed by atoms with Crippen LogP contribution >= 0.6 is 0 Å². The van der Waals surface area contributed by atoms with Gasteiger partial charge >= 0.3 is 0 Å². The van der Waals surface area contributed by atoms with Crippen molar-refractivity contribution >= 4 is 23.2 Å². The molecule has 4 aromatic heterocycles. The number of oxazole rings is 1. The molecule has 2 atom stereocenters. The maximum atomic E-state index is 14.9. The summed E-state index contributed by atoms with van der Waals surface area (Å²) in [4.78, 5) is 22.3. The first-order valence-corrected chi connectivity index (χ1v) is 13.0. The fourth-order valence-corrected chi connectivity index (χ4v) is 5.59. The summed E-state index contributed by atoms with van der Waals surface area (Å²) in [5, 5.41) is 7.65. The van der Waals surface area contributed by atoms with Crippen LogP contribution in [0, 0.1) is 5.82 Å². The van der Waals surface area contributed by atoms with Crippen molar-refractivity contribution in [2.75, 3.05) is 63.0 Å². The maximum Gasteiger partial charge on any atom is 0.266 e. The van der Waals surface area contributed by atoms with E-state index in [2.05, 4.69) is 30.3 Å². The van der Waals surface area contributed by atoms with Crippen LogP contribution in [-0.4, -0.2) is 93.5 Å². The van der Waals surface area contributed by atoms with E-state index in [4.69, 9.17) is 24.6 Å². The number of methoxy groups -OCH3 is 1. The second kappa shape index (κ2) is 10.6. The smallest absolute Gasteiger partial charge is 0.266 e. The molecule has 4 aromatic rings. The van der Waals surface area contributed by atoms with Gasteiger partial charge in [-0.05, 0) is 19.3 Å². The summed E-state index contributed by atoms with van der Waals surface area (Å²) in [6.07, 6.45) is 7.32. The standard InChI is InChI=1S/C25H31FN10O3/c1-28-20-18(22-31-21(24-29-5-8-39-24)33-36(22)25(27)32-20)11-15-3-4-16-14-34(6-7-35(15)16)23-19(26)12-17(13-30-23)38-10-9-37-2/h5,8,12-13,15-16,28H,3-4,6-7,9-11,14H2,1-2H3,(H2,27,32)/t15-,16+/m0/s1. The first-order chi connectivity index (χ1) is 19.1. The van der Waals surface area contributed by atoms with E-state index < -0.39 is 0 Å². The van der Waals surface area contributed by atoms with Gasteiger partial charge in [-0.25, -0.2) is 19.3 Å². The minimum atomic E-state index is -0.379. The maximum absolute atomic E-state index is 14.9. The van der Waals surface area contributed by atoms with Gasteiger partial charge in [0.2, 0.25) is 11.8 Å². The van der Waals surface area contributed by atoms with Gasteiger partial charge in [-0.1, -0.05) is 0 Å². The van der Waals surface area contributed by atoms with Gasteiger partial charge in [0.15, 0.2) is 17.3 Å². The highest BCUT2D eigenvalue weighted by molar-refractivity contribution is 5.65. The van der Waals surface area contributed by atoms with Gasteiger partial charge in [-0.3, -0.25) is 4.90 Å². The number of nitrogen functional groups attached to an aromatic ring is 1. The Labute approximate surface area is 224 Å². The molecule has 0 aliphatic carbocycles.